The third kappa shape index (κ3) is 2.30. The van der Waals surface area contributed by atoms with Crippen molar-refractivity contribution in [3.05, 3.63) is 82.1 Å². The lowest BCUT2D eigenvalue weighted by atomic mass is 9.78. The topological polar surface area (TPSA) is 55.4 Å². The number of hydrogen-bond donors (Lipinski definition) is 1. The molecule has 1 aliphatic heterocycles. The average Bonchev–Trinajstić information content (AvgIpc) is 2.93. The Morgan fingerprint density at radius 2 is 1.81 bits per heavy atom. The SMILES string of the molecule is COc1cccc([C@@H]2C(C(C)=O)=C(C)NC3=C2C(=O)c2ccccc23)c1. The zero-order valence-corrected chi connectivity index (χ0v) is 14.9. The van der Waals surface area contributed by atoms with Crippen molar-refractivity contribution in [3.63, 3.8) is 0 Å². The summed E-state index contributed by atoms with van der Waals surface area (Å²) in [6.07, 6.45) is 0. The molecular formula is C22H19NO3. The summed E-state index contributed by atoms with van der Waals surface area (Å²) < 4.78 is 5.35. The number of benzene rings is 2. The standard InChI is InChI=1S/C22H19NO3/c1-12-18(13(2)24)19(14-7-6-8-15(11-14)26-3)20-21(23-12)16-9-4-5-10-17(16)22(20)25/h4-11,19,23H,1-3H3/t19-/m1/s1. The summed E-state index contributed by atoms with van der Waals surface area (Å²) in [5.74, 6) is 0.228. The largest absolute Gasteiger partial charge is 0.497 e. The molecule has 2 aromatic rings. The predicted octanol–water partition coefficient (Wildman–Crippen LogP) is 3.85. The van der Waals surface area contributed by atoms with E-state index in [2.05, 4.69) is 5.32 Å². The fourth-order valence-electron chi connectivity index (χ4n) is 3.95. The lowest BCUT2D eigenvalue weighted by Crippen LogP contribution is -2.27. The molecule has 0 saturated carbocycles. The van der Waals surface area contributed by atoms with Gasteiger partial charge >= 0.3 is 0 Å². The van der Waals surface area contributed by atoms with Crippen molar-refractivity contribution >= 4 is 17.3 Å². The van der Waals surface area contributed by atoms with E-state index in [9.17, 15) is 9.59 Å². The van der Waals surface area contributed by atoms with Gasteiger partial charge in [0.25, 0.3) is 0 Å². The van der Waals surface area contributed by atoms with Crippen LogP contribution in [-0.2, 0) is 4.79 Å². The summed E-state index contributed by atoms with van der Waals surface area (Å²) in [6, 6.07) is 15.1. The van der Waals surface area contributed by atoms with Crippen molar-refractivity contribution in [1.29, 1.82) is 0 Å². The number of Topliss-reactive ketones (excluding diaryl/α,β-unsaturated/α-hetero) is 2. The molecule has 4 nitrogen and oxygen atoms in total. The molecule has 0 spiro atoms. The first kappa shape index (κ1) is 16.3. The number of ketones is 2. The van der Waals surface area contributed by atoms with Crippen LogP contribution in [-0.4, -0.2) is 18.7 Å². The summed E-state index contributed by atoms with van der Waals surface area (Å²) in [4.78, 5) is 25.6. The van der Waals surface area contributed by atoms with E-state index >= 15 is 0 Å². The minimum Gasteiger partial charge on any atom is -0.497 e. The Labute approximate surface area is 152 Å². The molecule has 0 unspecified atom stereocenters. The van der Waals surface area contributed by atoms with Gasteiger partial charge in [-0.1, -0.05) is 36.4 Å². The smallest absolute Gasteiger partial charge is 0.192 e. The van der Waals surface area contributed by atoms with E-state index in [1.807, 2.05) is 55.5 Å². The van der Waals surface area contributed by atoms with Crippen molar-refractivity contribution in [3.8, 4) is 5.75 Å². The van der Waals surface area contributed by atoms with Crippen LogP contribution in [0.3, 0.4) is 0 Å². The van der Waals surface area contributed by atoms with E-state index in [1.54, 1.807) is 14.0 Å². The highest BCUT2D eigenvalue weighted by molar-refractivity contribution is 6.23. The Morgan fingerprint density at radius 1 is 1.08 bits per heavy atom. The molecule has 1 N–H and O–H groups in total. The fourth-order valence-corrected chi connectivity index (χ4v) is 3.95. The van der Waals surface area contributed by atoms with Gasteiger partial charge in [0.1, 0.15) is 5.75 Å². The second kappa shape index (κ2) is 5.99. The Bertz CT molecular complexity index is 1010. The van der Waals surface area contributed by atoms with Gasteiger partial charge in [0, 0.05) is 33.9 Å². The number of fused-ring (bicyclic) bond motifs is 2. The number of methoxy groups -OCH3 is 1. The highest BCUT2D eigenvalue weighted by Gasteiger charge is 2.41. The number of carbonyl (C=O) groups is 2. The normalized spacial score (nSPS) is 18.4. The van der Waals surface area contributed by atoms with Gasteiger partial charge in [-0.3, -0.25) is 9.59 Å². The van der Waals surface area contributed by atoms with E-state index in [0.29, 0.717) is 22.5 Å². The van der Waals surface area contributed by atoms with Gasteiger partial charge < -0.3 is 10.1 Å². The number of rotatable bonds is 3. The van der Waals surface area contributed by atoms with Crippen LogP contribution in [0.2, 0.25) is 0 Å². The molecular weight excluding hydrogens is 326 g/mol. The van der Waals surface area contributed by atoms with E-state index in [4.69, 9.17) is 4.74 Å². The second-order valence-corrected chi connectivity index (χ2v) is 6.59. The third-order valence-corrected chi connectivity index (χ3v) is 5.06. The average molecular weight is 345 g/mol. The summed E-state index contributed by atoms with van der Waals surface area (Å²) in [5.41, 5.74) is 5.30. The maximum absolute atomic E-state index is 13.2. The van der Waals surface area contributed by atoms with Crippen LogP contribution in [0.15, 0.2) is 65.4 Å². The lowest BCUT2D eigenvalue weighted by Gasteiger charge is -2.29. The molecule has 0 aromatic heterocycles. The number of nitrogens with one attached hydrogen (secondary N) is 1. The quantitative estimate of drug-likeness (QED) is 0.918. The molecule has 130 valence electrons. The number of ether oxygens (including phenoxy) is 1. The minimum atomic E-state index is -0.404. The minimum absolute atomic E-state index is 0.0258. The molecule has 26 heavy (non-hydrogen) atoms. The van der Waals surface area contributed by atoms with Crippen LogP contribution < -0.4 is 10.1 Å². The first-order valence-electron chi connectivity index (χ1n) is 8.54. The number of allylic oxidation sites excluding steroid dienone is 3. The molecule has 2 aliphatic rings. The summed E-state index contributed by atoms with van der Waals surface area (Å²) in [7, 11) is 1.61. The van der Waals surface area contributed by atoms with Gasteiger partial charge in [-0.2, -0.15) is 0 Å². The van der Waals surface area contributed by atoms with E-state index in [1.165, 1.54) is 0 Å². The summed E-state index contributed by atoms with van der Waals surface area (Å²) in [6.45, 7) is 3.44. The van der Waals surface area contributed by atoms with Gasteiger partial charge in [0.2, 0.25) is 0 Å². The first-order valence-corrected chi connectivity index (χ1v) is 8.54. The van der Waals surface area contributed by atoms with Gasteiger partial charge in [0.15, 0.2) is 11.6 Å². The Kier molecular flexibility index (Phi) is 3.76. The molecule has 0 bridgehead atoms. The highest BCUT2D eigenvalue weighted by atomic mass is 16.5. The van der Waals surface area contributed by atoms with Crippen molar-refractivity contribution in [1.82, 2.24) is 5.32 Å². The number of dihydropyridines is 1. The zero-order valence-electron chi connectivity index (χ0n) is 14.9. The summed E-state index contributed by atoms with van der Waals surface area (Å²) >= 11 is 0. The van der Waals surface area contributed by atoms with Gasteiger partial charge in [0.05, 0.1) is 12.8 Å². The monoisotopic (exact) mass is 345 g/mol. The molecule has 0 amide bonds. The lowest BCUT2D eigenvalue weighted by molar-refractivity contribution is -0.113. The molecule has 1 aliphatic carbocycles. The molecule has 0 fully saturated rings. The zero-order chi connectivity index (χ0) is 18.4. The van der Waals surface area contributed by atoms with E-state index in [-0.39, 0.29) is 11.6 Å². The molecule has 2 aromatic carbocycles. The van der Waals surface area contributed by atoms with Crippen molar-refractivity contribution < 1.29 is 14.3 Å². The third-order valence-electron chi connectivity index (χ3n) is 5.06. The van der Waals surface area contributed by atoms with Crippen molar-refractivity contribution in [2.45, 2.75) is 19.8 Å². The number of carbonyl (C=O) groups excluding carboxylic acids is 2. The van der Waals surface area contributed by atoms with Gasteiger partial charge in [-0.05, 0) is 31.5 Å². The van der Waals surface area contributed by atoms with Crippen LogP contribution in [0.5, 0.6) is 5.75 Å². The Morgan fingerprint density at radius 3 is 2.50 bits per heavy atom. The predicted molar refractivity (Wildman–Crippen MR) is 99.9 cm³/mol. The highest BCUT2D eigenvalue weighted by Crippen LogP contribution is 2.46. The molecule has 1 heterocycles. The molecule has 0 saturated heterocycles. The van der Waals surface area contributed by atoms with E-state index in [0.717, 1.165) is 22.5 Å². The van der Waals surface area contributed by atoms with Crippen molar-refractivity contribution in [2.75, 3.05) is 7.11 Å². The van der Waals surface area contributed by atoms with Crippen LogP contribution in [0.25, 0.3) is 5.70 Å². The summed E-state index contributed by atoms with van der Waals surface area (Å²) in [5, 5.41) is 3.31. The van der Waals surface area contributed by atoms with Crippen LogP contribution >= 0.6 is 0 Å². The van der Waals surface area contributed by atoms with Crippen molar-refractivity contribution in [2.24, 2.45) is 0 Å². The molecule has 0 radical (unpaired) electrons. The molecule has 4 heteroatoms. The maximum atomic E-state index is 13.2. The first-order chi connectivity index (χ1) is 12.5. The molecule has 1 atom stereocenters. The fraction of sp³-hybridized carbons (Fsp3) is 0.182. The second-order valence-electron chi connectivity index (χ2n) is 6.59. The Balaban J connectivity index is 1.96. The molecule has 4 rings (SSSR count). The number of hydrogen-bond acceptors (Lipinski definition) is 4. The Hall–Kier alpha value is -3.14. The van der Waals surface area contributed by atoms with Crippen LogP contribution in [0.4, 0.5) is 0 Å². The van der Waals surface area contributed by atoms with E-state index < -0.39 is 5.92 Å². The van der Waals surface area contributed by atoms with Crippen LogP contribution in [0.1, 0.15) is 41.3 Å². The van der Waals surface area contributed by atoms with Gasteiger partial charge in [-0.15, -0.1) is 0 Å². The van der Waals surface area contributed by atoms with Crippen LogP contribution in [0, 0.1) is 0 Å². The van der Waals surface area contributed by atoms with Gasteiger partial charge in [-0.25, -0.2) is 0 Å². The maximum Gasteiger partial charge on any atom is 0.192 e.